The number of aliphatic carboxylic acids is 1. The second-order valence-corrected chi connectivity index (χ2v) is 7.27. The van der Waals surface area contributed by atoms with Crippen molar-refractivity contribution in [1.82, 2.24) is 0 Å². The van der Waals surface area contributed by atoms with Gasteiger partial charge in [0.15, 0.2) is 6.61 Å². The highest BCUT2D eigenvalue weighted by atomic mass is 32.2. The predicted octanol–water partition coefficient (Wildman–Crippen LogP) is 5.69. The predicted molar refractivity (Wildman–Crippen MR) is 111 cm³/mol. The summed E-state index contributed by atoms with van der Waals surface area (Å²) in [5.41, 5.74) is 0.0264. The largest absolute Gasteiger partial charge is 0.490 e. The van der Waals surface area contributed by atoms with E-state index in [0.717, 1.165) is 22.6 Å². The summed E-state index contributed by atoms with van der Waals surface area (Å²) in [7, 11) is 0. The summed E-state index contributed by atoms with van der Waals surface area (Å²) in [6.45, 7) is 5.22. The van der Waals surface area contributed by atoms with E-state index in [-0.39, 0.29) is 12.4 Å². The number of hydrogen-bond donors (Lipinski definition) is 1. The average molecular weight is 454 g/mol. The van der Waals surface area contributed by atoms with Gasteiger partial charge in [-0.3, -0.25) is 0 Å². The fourth-order valence-corrected chi connectivity index (χ4v) is 3.18. The number of carboxylic acids is 1. The van der Waals surface area contributed by atoms with E-state index in [2.05, 4.69) is 6.58 Å². The van der Waals surface area contributed by atoms with Crippen LogP contribution in [0.4, 0.5) is 13.2 Å². The second-order valence-electron chi connectivity index (χ2n) is 6.22. The van der Waals surface area contributed by atoms with Crippen molar-refractivity contribution in [2.75, 3.05) is 19.0 Å². The topological polar surface area (TPSA) is 65.0 Å². The third kappa shape index (κ3) is 8.29. The van der Waals surface area contributed by atoms with Crippen LogP contribution in [-0.4, -0.2) is 30.0 Å². The first kappa shape index (κ1) is 24.2. The molecule has 0 fully saturated rings. The molecule has 0 radical (unpaired) electrons. The van der Waals surface area contributed by atoms with Gasteiger partial charge in [0.2, 0.25) is 0 Å². The lowest BCUT2D eigenvalue weighted by atomic mass is 10.2. The Morgan fingerprint density at radius 2 is 1.90 bits per heavy atom. The number of ether oxygens (including phenoxy) is 3. The maximum Gasteiger partial charge on any atom is 0.416 e. The molecule has 2 rings (SSSR count). The number of halogens is 3. The van der Waals surface area contributed by atoms with Gasteiger partial charge in [-0.05, 0) is 55.0 Å². The minimum absolute atomic E-state index is 0.240. The third-order valence-electron chi connectivity index (χ3n) is 3.77. The Bertz CT molecular complexity index is 924. The summed E-state index contributed by atoms with van der Waals surface area (Å²) in [6, 6.07) is 9.68. The molecule has 9 heteroatoms. The molecule has 0 heterocycles. The molecule has 5 nitrogen and oxygen atoms in total. The van der Waals surface area contributed by atoms with E-state index in [1.807, 2.05) is 6.07 Å². The summed E-state index contributed by atoms with van der Waals surface area (Å²) in [6.07, 6.45) is -1.50. The molecule has 1 N–H and O–H groups in total. The number of aryl methyl sites for hydroxylation is 1. The van der Waals surface area contributed by atoms with Crippen LogP contribution < -0.4 is 9.47 Å². The first-order valence-corrected chi connectivity index (χ1v) is 10.0. The van der Waals surface area contributed by atoms with Crippen LogP contribution in [0.2, 0.25) is 0 Å². The fraction of sp³-hybridized carbons (Fsp3) is 0.227. The molecule has 0 aliphatic heterocycles. The minimum atomic E-state index is -4.41. The Morgan fingerprint density at radius 3 is 2.48 bits per heavy atom. The Labute approximate surface area is 182 Å². The number of benzene rings is 2. The third-order valence-corrected chi connectivity index (χ3v) is 4.79. The van der Waals surface area contributed by atoms with Crippen LogP contribution in [0.3, 0.4) is 0 Å². The lowest BCUT2D eigenvalue weighted by Crippen LogP contribution is -2.10. The van der Waals surface area contributed by atoms with Gasteiger partial charge in [0.25, 0.3) is 0 Å². The van der Waals surface area contributed by atoms with Crippen LogP contribution in [0.25, 0.3) is 0 Å². The summed E-state index contributed by atoms with van der Waals surface area (Å²) in [4.78, 5) is 11.5. The van der Waals surface area contributed by atoms with Gasteiger partial charge in [0.1, 0.15) is 30.1 Å². The Balaban J connectivity index is 2.01. The van der Waals surface area contributed by atoms with Gasteiger partial charge in [0, 0.05) is 4.90 Å². The SMILES string of the molecule is C=CCO/C(=C\Oc1ccc(C(F)(F)F)cc1)CSc1ccc(OCC(=O)O)c(C)c1. The zero-order valence-electron chi connectivity index (χ0n) is 16.6. The van der Waals surface area contributed by atoms with Crippen molar-refractivity contribution in [3.63, 3.8) is 0 Å². The van der Waals surface area contributed by atoms with Crippen molar-refractivity contribution in [2.45, 2.75) is 18.0 Å². The molecular weight excluding hydrogens is 433 g/mol. The highest BCUT2D eigenvalue weighted by Crippen LogP contribution is 2.31. The van der Waals surface area contributed by atoms with Crippen LogP contribution in [0.5, 0.6) is 11.5 Å². The van der Waals surface area contributed by atoms with Crippen molar-refractivity contribution in [3.8, 4) is 11.5 Å². The van der Waals surface area contributed by atoms with E-state index in [9.17, 15) is 18.0 Å². The molecule has 2 aromatic carbocycles. The zero-order valence-corrected chi connectivity index (χ0v) is 17.5. The lowest BCUT2D eigenvalue weighted by Gasteiger charge is -2.12. The summed E-state index contributed by atoms with van der Waals surface area (Å²) in [5, 5.41) is 8.70. The van der Waals surface area contributed by atoms with Crippen LogP contribution in [0.1, 0.15) is 11.1 Å². The standard InChI is InChI=1S/C22H21F3O5S/c1-3-10-28-18(12-29-17-6-4-16(5-7-17)22(23,24)25)14-31-19-8-9-20(15(2)11-19)30-13-21(26)27/h3-9,11-12H,1,10,13-14H2,2H3,(H,26,27)/b18-12-. The van der Waals surface area contributed by atoms with Gasteiger partial charge in [0.05, 0.1) is 11.3 Å². The van der Waals surface area contributed by atoms with Crippen molar-refractivity contribution in [1.29, 1.82) is 0 Å². The number of hydrogen-bond acceptors (Lipinski definition) is 5. The molecule has 0 saturated carbocycles. The van der Waals surface area contributed by atoms with Gasteiger partial charge in [-0.25, -0.2) is 4.79 Å². The number of carbonyl (C=O) groups is 1. The van der Waals surface area contributed by atoms with Crippen LogP contribution >= 0.6 is 11.8 Å². The number of rotatable bonds is 11. The number of thioether (sulfide) groups is 1. The van der Waals surface area contributed by atoms with E-state index in [1.54, 1.807) is 25.1 Å². The number of alkyl halides is 3. The van der Waals surface area contributed by atoms with E-state index >= 15 is 0 Å². The first-order chi connectivity index (χ1) is 14.7. The fourth-order valence-electron chi connectivity index (χ4n) is 2.30. The van der Waals surface area contributed by atoms with Crippen LogP contribution in [-0.2, 0) is 15.7 Å². The Hall–Kier alpha value is -3.07. The smallest absolute Gasteiger partial charge is 0.416 e. The molecule has 31 heavy (non-hydrogen) atoms. The van der Waals surface area contributed by atoms with Crippen molar-refractivity contribution in [2.24, 2.45) is 0 Å². The molecule has 0 aliphatic rings. The Morgan fingerprint density at radius 1 is 1.19 bits per heavy atom. The van der Waals surface area contributed by atoms with Crippen molar-refractivity contribution < 1.29 is 37.3 Å². The normalized spacial score (nSPS) is 11.7. The first-order valence-electron chi connectivity index (χ1n) is 9.03. The molecule has 0 aliphatic carbocycles. The maximum atomic E-state index is 12.6. The molecule has 0 atom stereocenters. The van der Waals surface area contributed by atoms with E-state index in [1.165, 1.54) is 30.2 Å². The van der Waals surface area contributed by atoms with Crippen molar-refractivity contribution in [3.05, 3.63) is 78.3 Å². The zero-order chi connectivity index (χ0) is 22.9. The molecular formula is C22H21F3O5S. The molecule has 0 amide bonds. The number of carboxylic acid groups (broad SMARTS) is 1. The summed E-state index contributed by atoms with van der Waals surface area (Å²) < 4.78 is 54.1. The highest BCUT2D eigenvalue weighted by molar-refractivity contribution is 7.99. The van der Waals surface area contributed by atoms with Gasteiger partial charge in [-0.15, -0.1) is 11.8 Å². The molecule has 0 bridgehead atoms. The molecule has 0 spiro atoms. The maximum absolute atomic E-state index is 12.6. The summed E-state index contributed by atoms with van der Waals surface area (Å²) >= 11 is 1.44. The quantitative estimate of drug-likeness (QED) is 0.267. The van der Waals surface area contributed by atoms with Gasteiger partial charge >= 0.3 is 12.1 Å². The molecule has 2 aromatic rings. The van der Waals surface area contributed by atoms with E-state index < -0.39 is 24.3 Å². The Kier molecular flexibility index (Phi) is 8.87. The highest BCUT2D eigenvalue weighted by Gasteiger charge is 2.30. The van der Waals surface area contributed by atoms with Crippen LogP contribution in [0, 0.1) is 6.92 Å². The monoisotopic (exact) mass is 454 g/mol. The second kappa shape index (κ2) is 11.4. The summed E-state index contributed by atoms with van der Waals surface area (Å²) in [5.74, 6) is 0.529. The lowest BCUT2D eigenvalue weighted by molar-refractivity contribution is -0.139. The van der Waals surface area contributed by atoms with E-state index in [0.29, 0.717) is 17.3 Å². The molecule has 0 aromatic heterocycles. The van der Waals surface area contributed by atoms with Gasteiger partial charge in [-0.2, -0.15) is 13.2 Å². The van der Waals surface area contributed by atoms with E-state index in [4.69, 9.17) is 19.3 Å². The average Bonchev–Trinajstić information content (AvgIpc) is 2.72. The molecule has 0 saturated heterocycles. The van der Waals surface area contributed by atoms with Crippen LogP contribution in [0.15, 0.2) is 72.0 Å². The van der Waals surface area contributed by atoms with Gasteiger partial charge in [-0.1, -0.05) is 12.7 Å². The molecule has 166 valence electrons. The molecule has 0 unspecified atom stereocenters. The minimum Gasteiger partial charge on any atom is -0.490 e. The van der Waals surface area contributed by atoms with Crippen molar-refractivity contribution >= 4 is 17.7 Å². The van der Waals surface area contributed by atoms with Gasteiger partial charge < -0.3 is 19.3 Å².